The Morgan fingerprint density at radius 1 is 0.353 bits per heavy atom. The van der Waals surface area contributed by atoms with E-state index in [1.807, 2.05) is 55.4 Å². The van der Waals surface area contributed by atoms with Crippen molar-refractivity contribution in [1.29, 1.82) is 0 Å². The summed E-state index contributed by atoms with van der Waals surface area (Å²) in [5.41, 5.74) is 12.2. The zero-order valence-electron chi connectivity index (χ0n) is 81.3. The van der Waals surface area contributed by atoms with Crippen molar-refractivity contribution in [2.45, 2.75) is 362 Å². The van der Waals surface area contributed by atoms with Crippen molar-refractivity contribution >= 4 is 106 Å². The van der Waals surface area contributed by atoms with Crippen molar-refractivity contribution in [2.75, 3.05) is 32.7 Å². The van der Waals surface area contributed by atoms with Gasteiger partial charge in [0.25, 0.3) is 0 Å². The molecule has 0 unspecified atom stereocenters. The van der Waals surface area contributed by atoms with Crippen LogP contribution in [0.4, 0.5) is 0 Å². The van der Waals surface area contributed by atoms with Crippen LogP contribution in [0, 0.1) is 41.4 Å². The molecule has 133 heavy (non-hydrogen) atoms. The summed E-state index contributed by atoms with van der Waals surface area (Å²) in [6.07, 6.45) is 2.68. The number of hydrogen-bond acceptors (Lipinski definition) is 23. The van der Waals surface area contributed by atoms with Gasteiger partial charge in [0.2, 0.25) is 100 Å². The molecule has 0 aromatic heterocycles. The predicted molar refractivity (Wildman–Crippen MR) is 496 cm³/mol. The Morgan fingerprint density at radius 2 is 0.692 bits per heavy atom. The third-order valence-corrected chi connectivity index (χ3v) is 23.4. The average Bonchev–Trinajstić information content (AvgIpc) is 1.55. The number of aromatic hydroxyl groups is 1. The van der Waals surface area contributed by atoms with E-state index >= 15 is 0 Å². The molecule has 1 aromatic rings. The predicted octanol–water partition coefficient (Wildman–Crippen LogP) is -0.714. The van der Waals surface area contributed by atoms with Crippen molar-refractivity contribution in [2.24, 2.45) is 52.9 Å². The molecule has 0 saturated carbocycles. The number of carbonyl (C=O) groups excluding carboxylic acids is 17. The molecule has 0 aliphatic carbocycles. The number of phenolic OH excluding ortho intramolecular Hbond substituents is 1. The molecule has 3 heterocycles. The smallest absolute Gasteiger partial charge is 0.326 e. The summed E-state index contributed by atoms with van der Waals surface area (Å²) in [7, 11) is 0. The van der Waals surface area contributed by atoms with Crippen LogP contribution in [0.5, 0.6) is 5.75 Å². The minimum Gasteiger partial charge on any atom is -0.508 e. The van der Waals surface area contributed by atoms with Gasteiger partial charge in [0.05, 0.1) is 12.1 Å². The van der Waals surface area contributed by atoms with E-state index in [0.717, 1.165) is 6.42 Å². The van der Waals surface area contributed by atoms with Gasteiger partial charge in [0.15, 0.2) is 0 Å². The summed E-state index contributed by atoms with van der Waals surface area (Å²) in [5, 5.41) is 74.0. The van der Waals surface area contributed by atoms with Crippen LogP contribution in [0.15, 0.2) is 24.3 Å². The molecule has 0 spiro atoms. The highest BCUT2D eigenvalue weighted by Gasteiger charge is 2.44. The lowest BCUT2D eigenvalue weighted by Crippen LogP contribution is -2.62. The standard InChI is InChI=1S/C92H156N20O21/c1-47(2)41-64(81(121)98-55(16)76(116)99-57(18)90(130)112-40-26-31-71(112)92(132)133)102-83(123)66(43-49(5)6)105-88(128)73(53(13)14)109-86(126)70-30-25-39-111(70)91(131)69(45-51(9)10)107-84(124)67(44-50(7)8)106-87(127)72(52(11)12)108-77(117)56(17)96-75(115)54(15)97-79(119)62(27-20-22-36-93)101-89(129)74(58(19)113)110-80(120)63(28-21-23-37-94)100-82(122)65(42-48(3)4)103-85(125)68(46-59-32-34-60(114)35-33-59)104-78(118)61-29-24-38-95-61/h32-35,47-58,61-74,95,113-114H,20-31,36-46,93-94H2,1-19H3,(H,96,115)(H,97,119)(H,98,121)(H,99,116)(H,100,122)(H,101,129)(H,102,123)(H,103,125)(H,104,118)(H,105,128)(H,106,127)(H,107,124)(H,108,117)(H,109,126)(H,110,120)(H,132,133)/t54-,55-,56-,57-,58+,61-,62-,63-,64-,65-,66-,67-,68-,69-,70-,71-,72-,73-,74-/m0/s1. The maximum atomic E-state index is 14.9. The molecule has 3 fully saturated rings. The fraction of sp³-hybridized carbons (Fsp3) is 0.739. The highest BCUT2D eigenvalue weighted by molar-refractivity contribution is 6.02. The second-order valence-electron chi connectivity index (χ2n) is 38.6. The molecular weight excluding hydrogens is 1720 g/mol. The summed E-state index contributed by atoms with van der Waals surface area (Å²) in [4.78, 5) is 255. The van der Waals surface area contributed by atoms with Crippen molar-refractivity contribution in [3.63, 3.8) is 0 Å². The fourth-order valence-electron chi connectivity index (χ4n) is 16.0. The number of amides is 17. The second kappa shape index (κ2) is 56.5. The number of nitrogens with one attached hydrogen (secondary N) is 16. The first-order chi connectivity index (χ1) is 62.4. The number of likely N-dealkylation sites (tertiary alicyclic amines) is 2. The molecule has 3 saturated heterocycles. The summed E-state index contributed by atoms with van der Waals surface area (Å²) >= 11 is 0. The number of aliphatic hydroxyl groups excluding tert-OH is 1. The molecule has 1 aromatic carbocycles. The Morgan fingerprint density at radius 3 is 1.11 bits per heavy atom. The Bertz CT molecular complexity index is 4070. The van der Waals surface area contributed by atoms with E-state index in [4.69, 9.17) is 11.5 Å². The van der Waals surface area contributed by atoms with Gasteiger partial charge in [-0.05, 0) is 223 Å². The first-order valence-corrected chi connectivity index (χ1v) is 47.4. The van der Waals surface area contributed by atoms with Crippen LogP contribution < -0.4 is 96.5 Å². The fourth-order valence-corrected chi connectivity index (χ4v) is 16.0. The highest BCUT2D eigenvalue weighted by Crippen LogP contribution is 2.25. The topological polar surface area (TPSA) is 619 Å². The lowest BCUT2D eigenvalue weighted by atomic mass is 9.97. The van der Waals surface area contributed by atoms with Gasteiger partial charge in [-0.1, -0.05) is 109 Å². The van der Waals surface area contributed by atoms with Crippen LogP contribution in [-0.4, -0.2) is 279 Å². The summed E-state index contributed by atoms with van der Waals surface area (Å²) in [6, 6.07) is -16.3. The van der Waals surface area contributed by atoms with Gasteiger partial charge in [0.1, 0.15) is 108 Å². The molecule has 23 N–H and O–H groups in total. The number of carboxylic acids is 1. The molecule has 4 rings (SSSR count). The quantitative estimate of drug-likeness (QED) is 0.0358. The zero-order valence-corrected chi connectivity index (χ0v) is 81.3. The van der Waals surface area contributed by atoms with E-state index in [1.54, 1.807) is 53.7 Å². The van der Waals surface area contributed by atoms with Gasteiger partial charge in [-0.3, -0.25) is 81.5 Å². The number of phenols is 1. The molecule has 17 amide bonds. The minimum absolute atomic E-state index is 0.00479. The van der Waals surface area contributed by atoms with Crippen molar-refractivity contribution in [3.8, 4) is 5.75 Å². The van der Waals surface area contributed by atoms with Crippen molar-refractivity contribution in [1.82, 2.24) is 94.9 Å². The van der Waals surface area contributed by atoms with Crippen LogP contribution in [0.25, 0.3) is 0 Å². The maximum absolute atomic E-state index is 14.9. The molecule has 3 aliphatic heterocycles. The third kappa shape index (κ3) is 38.3. The molecular formula is C92H156N20O21. The van der Waals surface area contributed by atoms with Crippen LogP contribution in [0.2, 0.25) is 0 Å². The molecule has 0 radical (unpaired) electrons. The first kappa shape index (κ1) is 115. The van der Waals surface area contributed by atoms with Crippen LogP contribution in [0.3, 0.4) is 0 Å². The van der Waals surface area contributed by atoms with Gasteiger partial charge in [-0.15, -0.1) is 0 Å². The van der Waals surface area contributed by atoms with E-state index in [9.17, 15) is 102 Å². The van der Waals surface area contributed by atoms with E-state index < -0.39 is 233 Å². The number of nitrogens with zero attached hydrogens (tertiary/aromatic N) is 2. The average molecular weight is 1880 g/mol. The number of rotatable bonds is 56. The minimum atomic E-state index is -1.75. The molecule has 0 bridgehead atoms. The van der Waals surface area contributed by atoms with Gasteiger partial charge in [-0.25, -0.2) is 4.79 Å². The van der Waals surface area contributed by atoms with Gasteiger partial charge < -0.3 is 122 Å². The molecule has 19 atom stereocenters. The van der Waals surface area contributed by atoms with E-state index in [0.29, 0.717) is 50.6 Å². The van der Waals surface area contributed by atoms with Crippen molar-refractivity contribution in [3.05, 3.63) is 29.8 Å². The maximum Gasteiger partial charge on any atom is 0.326 e. The number of unbranched alkanes of at least 4 members (excludes halogenated alkanes) is 2. The Labute approximate surface area is 782 Å². The van der Waals surface area contributed by atoms with E-state index in [1.165, 1.54) is 56.6 Å². The number of benzene rings is 1. The summed E-state index contributed by atoms with van der Waals surface area (Å²) in [5.74, 6) is -16.2. The van der Waals surface area contributed by atoms with Crippen molar-refractivity contribution < 1.29 is 102 Å². The van der Waals surface area contributed by atoms with Crippen LogP contribution in [-0.2, 0) is 92.7 Å². The number of aliphatic hydroxyl groups is 1. The SMILES string of the molecule is CC(C)C[C@H](NC(=O)[C@H](CC(C)C)NC(=O)[C@@H](NC(=O)[C@@H]1CCCN1C(=O)[C@H](CC(C)C)NC(=O)[C@H](CC(C)C)NC(=O)[C@@H](NC(=O)[C@H](C)NC(=O)[C@H](C)NC(=O)[C@H](CCCCN)NC(=O)[C@@H](NC(=O)[C@H](CCCCN)NC(=O)[C@H](CC(C)C)NC(=O)[C@H](Cc1ccc(O)cc1)NC(=O)[C@@H]1CCCN1)[C@@H](C)O)C(C)C)C(C)C)C(=O)N[C@@H](C)C(=O)N[C@@H](C)C(=O)N1CCC[C@H]1C(=O)O. The summed E-state index contributed by atoms with van der Waals surface area (Å²) < 4.78 is 0. The monoisotopic (exact) mass is 1880 g/mol. The van der Waals surface area contributed by atoms with Crippen LogP contribution in [0.1, 0.15) is 246 Å². The molecule has 3 aliphatic rings. The van der Waals surface area contributed by atoms with Gasteiger partial charge in [-0.2, -0.15) is 0 Å². The Balaban J connectivity index is 1.44. The lowest BCUT2D eigenvalue weighted by molar-refractivity contribution is -0.149. The second-order valence-corrected chi connectivity index (χ2v) is 38.6. The first-order valence-electron chi connectivity index (χ1n) is 47.4. The number of carboxylic acid groups (broad SMARTS) is 1. The summed E-state index contributed by atoms with van der Waals surface area (Å²) in [6.45, 7) is 32.7. The van der Waals surface area contributed by atoms with E-state index in [2.05, 4.69) is 85.1 Å². The molecule has 750 valence electrons. The highest BCUT2D eigenvalue weighted by atomic mass is 16.4. The number of aliphatic carboxylic acids is 1. The zero-order chi connectivity index (χ0) is 100. The lowest BCUT2D eigenvalue weighted by Gasteiger charge is -2.32. The number of carbonyl (C=O) groups is 18. The third-order valence-electron chi connectivity index (χ3n) is 23.4. The molecule has 41 heteroatoms. The normalized spacial score (nSPS) is 18.6. The van der Waals surface area contributed by atoms with Gasteiger partial charge in [0, 0.05) is 19.5 Å². The number of hydrogen-bond donors (Lipinski definition) is 21. The van der Waals surface area contributed by atoms with E-state index in [-0.39, 0.29) is 132 Å². The van der Waals surface area contributed by atoms with Crippen LogP contribution >= 0.6 is 0 Å². The number of nitrogens with two attached hydrogens (primary N) is 2. The van der Waals surface area contributed by atoms with Gasteiger partial charge >= 0.3 is 5.97 Å². The molecule has 41 nitrogen and oxygen atoms in total. The largest absolute Gasteiger partial charge is 0.508 e. The Kier molecular flexibility index (Phi) is 48.7. The Hall–Kier alpha value is -10.7.